The predicted molar refractivity (Wildman–Crippen MR) is 128 cm³/mol. The predicted octanol–water partition coefficient (Wildman–Crippen LogP) is 4.07. The minimum absolute atomic E-state index is 0.126. The molecule has 2 aromatic rings. The van der Waals surface area contributed by atoms with Crippen LogP contribution in [0.25, 0.3) is 0 Å². The Labute approximate surface area is 195 Å². The lowest BCUT2D eigenvalue weighted by Gasteiger charge is -2.28. The van der Waals surface area contributed by atoms with Gasteiger partial charge in [-0.1, -0.05) is 19.3 Å². The minimum Gasteiger partial charge on any atom is -0.341 e. The van der Waals surface area contributed by atoms with Gasteiger partial charge < -0.3 is 15.1 Å². The number of aromatic amines is 1. The molecule has 176 valence electrons. The van der Waals surface area contributed by atoms with Gasteiger partial charge in [-0.3, -0.25) is 9.89 Å². The lowest BCUT2D eigenvalue weighted by atomic mass is 9.87. The highest BCUT2D eigenvalue weighted by molar-refractivity contribution is 5.85. The maximum atomic E-state index is 13.2. The number of carbonyl (C=O) groups is 1. The van der Waals surface area contributed by atoms with Crippen molar-refractivity contribution in [2.24, 2.45) is 0 Å². The smallest absolute Gasteiger partial charge is 0.245 e. The number of H-pyrrole nitrogens is 1. The van der Waals surface area contributed by atoms with Crippen molar-refractivity contribution in [2.45, 2.75) is 89.0 Å². The molecule has 1 amide bonds. The molecule has 8 heteroatoms. The minimum atomic E-state index is -0.126. The Balaban J connectivity index is 1.25. The molecule has 0 radical (unpaired) electrons. The summed E-state index contributed by atoms with van der Waals surface area (Å²) >= 11 is 0. The van der Waals surface area contributed by atoms with Gasteiger partial charge >= 0.3 is 0 Å². The zero-order chi connectivity index (χ0) is 22.2. The van der Waals surface area contributed by atoms with Gasteiger partial charge in [0, 0.05) is 42.9 Å². The Morgan fingerprint density at radius 1 is 0.939 bits per heavy atom. The highest BCUT2D eigenvalue weighted by Crippen LogP contribution is 2.35. The molecule has 0 bridgehead atoms. The molecule has 33 heavy (non-hydrogen) atoms. The third-order valence-electron chi connectivity index (χ3n) is 8.02. The Morgan fingerprint density at radius 3 is 2.64 bits per heavy atom. The number of aromatic nitrogens is 4. The SMILES string of the molecule is O=C([C@@H]1CCCN1c1nc2c(c(Nc3cc(C4CCCCC4)[nH]n3)n1)CCC2)N1CCCC1. The molecule has 2 N–H and O–H groups in total. The summed E-state index contributed by atoms with van der Waals surface area (Å²) in [6, 6.07) is 2.04. The van der Waals surface area contributed by atoms with Crippen molar-refractivity contribution < 1.29 is 4.79 Å². The van der Waals surface area contributed by atoms with Gasteiger partial charge in [-0.15, -0.1) is 0 Å². The first-order valence-corrected chi connectivity index (χ1v) is 13.0. The molecule has 2 saturated heterocycles. The standard InChI is InChI=1S/C25H35N7O/c33-24(31-13-4-5-14-31)21-12-7-15-32(21)25-26-19-11-6-10-18(19)23(28-25)27-22-16-20(29-30-22)17-8-2-1-3-9-17/h16-17,21H,1-15H2,(H2,26,27,28,29,30)/t21-/m0/s1. The highest BCUT2D eigenvalue weighted by Gasteiger charge is 2.37. The summed E-state index contributed by atoms with van der Waals surface area (Å²) < 4.78 is 0. The molecule has 3 fully saturated rings. The van der Waals surface area contributed by atoms with Crippen LogP contribution in [0.1, 0.15) is 87.1 Å². The summed E-state index contributed by atoms with van der Waals surface area (Å²) in [5, 5.41) is 11.3. The summed E-state index contributed by atoms with van der Waals surface area (Å²) in [7, 11) is 0. The second kappa shape index (κ2) is 8.95. The highest BCUT2D eigenvalue weighted by atomic mass is 16.2. The van der Waals surface area contributed by atoms with Crippen LogP contribution in [-0.2, 0) is 17.6 Å². The second-order valence-corrected chi connectivity index (χ2v) is 10.2. The number of carbonyl (C=O) groups excluding carboxylic acids is 1. The summed E-state index contributed by atoms with van der Waals surface area (Å²) in [5.41, 5.74) is 3.58. The van der Waals surface area contributed by atoms with Crippen LogP contribution in [0.15, 0.2) is 6.07 Å². The van der Waals surface area contributed by atoms with Crippen LogP contribution in [0, 0.1) is 0 Å². The van der Waals surface area contributed by atoms with Crippen molar-refractivity contribution in [3.63, 3.8) is 0 Å². The molecule has 0 aromatic carbocycles. The molecule has 1 saturated carbocycles. The molecule has 1 atom stereocenters. The molecule has 2 aliphatic heterocycles. The number of nitrogens with zero attached hydrogens (tertiary/aromatic N) is 5. The van der Waals surface area contributed by atoms with E-state index in [0.29, 0.717) is 11.9 Å². The van der Waals surface area contributed by atoms with E-state index >= 15 is 0 Å². The monoisotopic (exact) mass is 449 g/mol. The summed E-state index contributed by atoms with van der Waals surface area (Å²) in [6.45, 7) is 2.63. The number of fused-ring (bicyclic) bond motifs is 1. The average molecular weight is 450 g/mol. The average Bonchev–Trinajstić information content (AvgIpc) is 3.65. The third-order valence-corrected chi connectivity index (χ3v) is 8.02. The van der Waals surface area contributed by atoms with E-state index in [0.717, 1.165) is 81.9 Å². The van der Waals surface area contributed by atoms with Gasteiger partial charge in [0.25, 0.3) is 0 Å². The Kier molecular flexibility index (Phi) is 5.68. The fourth-order valence-corrected chi connectivity index (χ4v) is 6.21. The van der Waals surface area contributed by atoms with E-state index in [1.165, 1.54) is 43.4 Å². The maximum absolute atomic E-state index is 13.2. The van der Waals surface area contributed by atoms with Gasteiger partial charge in [0.1, 0.15) is 11.9 Å². The van der Waals surface area contributed by atoms with Gasteiger partial charge in [-0.2, -0.15) is 10.1 Å². The van der Waals surface area contributed by atoms with Gasteiger partial charge in [0.2, 0.25) is 11.9 Å². The molecular weight excluding hydrogens is 414 g/mol. The van der Waals surface area contributed by atoms with E-state index in [9.17, 15) is 4.79 Å². The number of nitrogens with one attached hydrogen (secondary N) is 2. The van der Waals surface area contributed by atoms with Crippen LogP contribution in [0.3, 0.4) is 0 Å². The molecule has 8 nitrogen and oxygen atoms in total. The van der Waals surface area contributed by atoms with E-state index in [4.69, 9.17) is 9.97 Å². The summed E-state index contributed by atoms with van der Waals surface area (Å²) in [4.78, 5) is 27.3. The van der Waals surface area contributed by atoms with E-state index in [2.05, 4.69) is 26.5 Å². The van der Waals surface area contributed by atoms with Crippen LogP contribution in [0.2, 0.25) is 0 Å². The molecule has 2 aliphatic carbocycles. The molecule has 0 unspecified atom stereocenters. The molecule has 6 rings (SSSR count). The Hall–Kier alpha value is -2.64. The lowest BCUT2D eigenvalue weighted by molar-refractivity contribution is -0.131. The molecule has 4 aliphatic rings. The van der Waals surface area contributed by atoms with E-state index < -0.39 is 0 Å². The summed E-state index contributed by atoms with van der Waals surface area (Å²) in [5.74, 6) is 3.26. The zero-order valence-electron chi connectivity index (χ0n) is 19.5. The first kappa shape index (κ1) is 20.9. The van der Waals surface area contributed by atoms with Crippen LogP contribution < -0.4 is 10.2 Å². The number of amides is 1. The van der Waals surface area contributed by atoms with Crippen molar-refractivity contribution >= 4 is 23.5 Å². The van der Waals surface area contributed by atoms with E-state index in [-0.39, 0.29) is 11.9 Å². The number of hydrogen-bond acceptors (Lipinski definition) is 6. The molecule has 2 aromatic heterocycles. The van der Waals surface area contributed by atoms with Crippen molar-refractivity contribution in [1.29, 1.82) is 0 Å². The number of aryl methyl sites for hydroxylation is 1. The first-order valence-electron chi connectivity index (χ1n) is 13.0. The second-order valence-electron chi connectivity index (χ2n) is 10.2. The van der Waals surface area contributed by atoms with Crippen molar-refractivity contribution in [2.75, 3.05) is 29.9 Å². The number of anilines is 3. The molecule has 4 heterocycles. The van der Waals surface area contributed by atoms with Crippen molar-refractivity contribution in [3.05, 3.63) is 23.0 Å². The quantitative estimate of drug-likeness (QED) is 0.715. The topological polar surface area (TPSA) is 90.0 Å². The third kappa shape index (κ3) is 4.08. The molecular formula is C25H35N7O. The Morgan fingerprint density at radius 2 is 1.79 bits per heavy atom. The maximum Gasteiger partial charge on any atom is 0.245 e. The van der Waals surface area contributed by atoms with E-state index in [1.54, 1.807) is 0 Å². The number of rotatable bonds is 5. The number of hydrogen-bond donors (Lipinski definition) is 2. The van der Waals surface area contributed by atoms with Gasteiger partial charge in [0.15, 0.2) is 5.82 Å². The van der Waals surface area contributed by atoms with E-state index in [1.807, 2.05) is 4.90 Å². The van der Waals surface area contributed by atoms with Gasteiger partial charge in [0.05, 0.1) is 5.69 Å². The van der Waals surface area contributed by atoms with Gasteiger partial charge in [-0.05, 0) is 57.8 Å². The molecule has 0 spiro atoms. The lowest BCUT2D eigenvalue weighted by Crippen LogP contribution is -2.45. The fourth-order valence-electron chi connectivity index (χ4n) is 6.21. The zero-order valence-corrected chi connectivity index (χ0v) is 19.5. The Bertz CT molecular complexity index is 1010. The van der Waals surface area contributed by atoms with Gasteiger partial charge in [-0.25, -0.2) is 4.98 Å². The van der Waals surface area contributed by atoms with Crippen LogP contribution in [0.4, 0.5) is 17.6 Å². The number of likely N-dealkylation sites (tertiary alicyclic amines) is 1. The van der Waals surface area contributed by atoms with Crippen LogP contribution >= 0.6 is 0 Å². The fraction of sp³-hybridized carbons (Fsp3) is 0.680. The first-order chi connectivity index (χ1) is 16.3. The normalized spacial score (nSPS) is 23.3. The summed E-state index contributed by atoms with van der Waals surface area (Å²) in [6.07, 6.45) is 13.7. The van der Waals surface area contributed by atoms with Crippen LogP contribution in [0.5, 0.6) is 0 Å². The van der Waals surface area contributed by atoms with Crippen LogP contribution in [-0.4, -0.2) is 56.6 Å². The largest absolute Gasteiger partial charge is 0.341 e. The van der Waals surface area contributed by atoms with Crippen molar-refractivity contribution in [3.8, 4) is 0 Å². The van der Waals surface area contributed by atoms with Crippen molar-refractivity contribution in [1.82, 2.24) is 25.1 Å².